The highest BCUT2D eigenvalue weighted by atomic mass is 35.5. The molecule has 2 amide bonds. The number of nitrogens with one attached hydrogen (secondary N) is 1. The summed E-state index contributed by atoms with van der Waals surface area (Å²) in [7, 11) is 0. The SMILES string of the molecule is CC[C@@H](C)NC(=O)[C@@H](C)N(Cc1ccc(Cl)cc1Cl)C(=O)COc1ccccc1C. The first-order valence-electron chi connectivity index (χ1n) is 9.95. The molecule has 2 aromatic carbocycles. The maximum atomic E-state index is 13.1. The van der Waals surface area contributed by atoms with Crippen LogP contribution in [0.5, 0.6) is 5.75 Å². The van der Waals surface area contributed by atoms with Crippen LogP contribution in [0.3, 0.4) is 0 Å². The number of benzene rings is 2. The molecule has 2 rings (SSSR count). The maximum Gasteiger partial charge on any atom is 0.261 e. The Balaban J connectivity index is 2.21. The van der Waals surface area contributed by atoms with Crippen LogP contribution in [-0.4, -0.2) is 35.4 Å². The zero-order chi connectivity index (χ0) is 22.3. The molecule has 0 spiro atoms. The highest BCUT2D eigenvalue weighted by Crippen LogP contribution is 2.23. The number of aryl methyl sites for hydroxylation is 1. The number of para-hydroxylation sites is 1. The number of halogens is 2. The molecular formula is C23H28Cl2N2O3. The normalized spacial score (nSPS) is 12.7. The Labute approximate surface area is 188 Å². The molecule has 2 aromatic rings. The second-order valence-electron chi connectivity index (χ2n) is 7.31. The van der Waals surface area contributed by atoms with E-state index in [1.165, 1.54) is 4.90 Å². The molecule has 162 valence electrons. The third-order valence-corrected chi connectivity index (χ3v) is 5.56. The summed E-state index contributed by atoms with van der Waals surface area (Å²) in [6, 6.07) is 11.9. The molecule has 1 N–H and O–H groups in total. The molecule has 7 heteroatoms. The fourth-order valence-electron chi connectivity index (χ4n) is 2.82. The summed E-state index contributed by atoms with van der Waals surface area (Å²) < 4.78 is 5.72. The first-order valence-corrected chi connectivity index (χ1v) is 10.7. The number of hydrogen-bond donors (Lipinski definition) is 1. The second kappa shape index (κ2) is 11.2. The van der Waals surface area contributed by atoms with Gasteiger partial charge >= 0.3 is 0 Å². The van der Waals surface area contributed by atoms with Crippen molar-refractivity contribution in [3.8, 4) is 5.75 Å². The van der Waals surface area contributed by atoms with Gasteiger partial charge in [-0.15, -0.1) is 0 Å². The van der Waals surface area contributed by atoms with Crippen molar-refractivity contribution in [3.05, 3.63) is 63.6 Å². The summed E-state index contributed by atoms with van der Waals surface area (Å²) in [6.07, 6.45) is 0.797. The number of rotatable bonds is 9. The molecule has 0 aliphatic rings. The maximum absolute atomic E-state index is 13.1. The van der Waals surface area contributed by atoms with Crippen molar-refractivity contribution in [3.63, 3.8) is 0 Å². The highest BCUT2D eigenvalue weighted by molar-refractivity contribution is 6.35. The van der Waals surface area contributed by atoms with Gasteiger partial charge < -0.3 is 15.0 Å². The lowest BCUT2D eigenvalue weighted by atomic mass is 10.1. The summed E-state index contributed by atoms with van der Waals surface area (Å²) in [4.78, 5) is 27.3. The predicted molar refractivity (Wildman–Crippen MR) is 121 cm³/mol. The van der Waals surface area contributed by atoms with Crippen LogP contribution in [0.15, 0.2) is 42.5 Å². The van der Waals surface area contributed by atoms with E-state index in [0.29, 0.717) is 21.4 Å². The third-order valence-electron chi connectivity index (χ3n) is 4.97. The van der Waals surface area contributed by atoms with Crippen LogP contribution in [0.2, 0.25) is 10.0 Å². The van der Waals surface area contributed by atoms with Crippen molar-refractivity contribution in [2.45, 2.75) is 52.7 Å². The van der Waals surface area contributed by atoms with Crippen molar-refractivity contribution in [2.24, 2.45) is 0 Å². The lowest BCUT2D eigenvalue weighted by Crippen LogP contribution is -2.50. The molecule has 2 atom stereocenters. The summed E-state index contributed by atoms with van der Waals surface area (Å²) in [6.45, 7) is 7.51. The molecule has 0 aliphatic carbocycles. The van der Waals surface area contributed by atoms with Gasteiger partial charge in [0.25, 0.3) is 5.91 Å². The fraction of sp³-hybridized carbons (Fsp3) is 0.391. The Morgan fingerprint density at radius 2 is 1.83 bits per heavy atom. The van der Waals surface area contributed by atoms with E-state index in [1.807, 2.05) is 45.0 Å². The predicted octanol–water partition coefficient (Wildman–Crippen LogP) is 5.01. The van der Waals surface area contributed by atoms with Gasteiger partial charge in [0.1, 0.15) is 11.8 Å². The lowest BCUT2D eigenvalue weighted by molar-refractivity contribution is -0.142. The van der Waals surface area contributed by atoms with Gasteiger partial charge in [-0.3, -0.25) is 9.59 Å². The minimum atomic E-state index is -0.696. The number of amides is 2. The van der Waals surface area contributed by atoms with Crippen molar-refractivity contribution in [1.29, 1.82) is 0 Å². The molecule has 0 unspecified atom stereocenters. The Bertz CT molecular complexity index is 889. The van der Waals surface area contributed by atoms with E-state index in [0.717, 1.165) is 12.0 Å². The molecule has 0 saturated carbocycles. The zero-order valence-corrected chi connectivity index (χ0v) is 19.3. The van der Waals surface area contributed by atoms with Gasteiger partial charge in [-0.2, -0.15) is 0 Å². The van der Waals surface area contributed by atoms with E-state index in [9.17, 15) is 9.59 Å². The largest absolute Gasteiger partial charge is 0.484 e. The Morgan fingerprint density at radius 3 is 2.47 bits per heavy atom. The number of carbonyl (C=O) groups is 2. The smallest absolute Gasteiger partial charge is 0.261 e. The van der Waals surface area contributed by atoms with Gasteiger partial charge in [0.05, 0.1) is 0 Å². The van der Waals surface area contributed by atoms with Gasteiger partial charge in [0.15, 0.2) is 6.61 Å². The van der Waals surface area contributed by atoms with Crippen molar-refractivity contribution >= 4 is 35.0 Å². The number of nitrogens with zero attached hydrogens (tertiary/aromatic N) is 1. The molecule has 5 nitrogen and oxygen atoms in total. The number of ether oxygens (including phenoxy) is 1. The van der Waals surface area contributed by atoms with Crippen molar-refractivity contribution < 1.29 is 14.3 Å². The van der Waals surface area contributed by atoms with E-state index in [2.05, 4.69) is 5.32 Å². The minimum Gasteiger partial charge on any atom is -0.484 e. The van der Waals surface area contributed by atoms with Crippen LogP contribution in [0.4, 0.5) is 0 Å². The summed E-state index contributed by atoms with van der Waals surface area (Å²) >= 11 is 12.3. The minimum absolute atomic E-state index is 0.0132. The van der Waals surface area contributed by atoms with Gasteiger partial charge in [-0.25, -0.2) is 0 Å². The van der Waals surface area contributed by atoms with E-state index in [1.54, 1.807) is 25.1 Å². The highest BCUT2D eigenvalue weighted by Gasteiger charge is 2.27. The molecule has 0 radical (unpaired) electrons. The molecule has 0 fully saturated rings. The van der Waals surface area contributed by atoms with Crippen LogP contribution >= 0.6 is 23.2 Å². The van der Waals surface area contributed by atoms with Crippen LogP contribution in [0, 0.1) is 6.92 Å². The van der Waals surface area contributed by atoms with Gasteiger partial charge in [-0.05, 0) is 56.5 Å². The Morgan fingerprint density at radius 1 is 1.13 bits per heavy atom. The summed E-state index contributed by atoms with van der Waals surface area (Å²) in [5, 5.41) is 3.88. The van der Waals surface area contributed by atoms with Gasteiger partial charge in [-0.1, -0.05) is 54.4 Å². The van der Waals surface area contributed by atoms with E-state index >= 15 is 0 Å². The molecule has 0 heterocycles. The van der Waals surface area contributed by atoms with Crippen LogP contribution in [0.1, 0.15) is 38.3 Å². The number of carbonyl (C=O) groups excluding carboxylic acids is 2. The summed E-state index contributed by atoms with van der Waals surface area (Å²) in [5.74, 6) is 0.0989. The van der Waals surface area contributed by atoms with Gasteiger partial charge in [0.2, 0.25) is 5.91 Å². The lowest BCUT2D eigenvalue weighted by Gasteiger charge is -2.30. The topological polar surface area (TPSA) is 58.6 Å². The third kappa shape index (κ3) is 6.64. The standard InChI is InChI=1S/C23H28Cl2N2O3/c1-5-16(3)26-23(29)17(4)27(13-18-10-11-19(24)12-20(18)25)22(28)14-30-21-9-7-6-8-15(21)2/h6-12,16-17H,5,13-14H2,1-4H3,(H,26,29)/t16-,17-/m1/s1. The van der Waals surface area contributed by atoms with Crippen LogP contribution < -0.4 is 10.1 Å². The van der Waals surface area contributed by atoms with E-state index in [-0.39, 0.29) is 31.0 Å². The quantitative estimate of drug-likeness (QED) is 0.583. The Kier molecular flexibility index (Phi) is 9.00. The van der Waals surface area contributed by atoms with Crippen LogP contribution in [0.25, 0.3) is 0 Å². The molecule has 30 heavy (non-hydrogen) atoms. The molecule has 0 bridgehead atoms. The second-order valence-corrected chi connectivity index (χ2v) is 8.15. The van der Waals surface area contributed by atoms with Crippen LogP contribution in [-0.2, 0) is 16.1 Å². The first-order chi connectivity index (χ1) is 14.2. The average Bonchev–Trinajstić information content (AvgIpc) is 2.71. The molecular weight excluding hydrogens is 423 g/mol. The average molecular weight is 451 g/mol. The molecule has 0 saturated heterocycles. The van der Waals surface area contributed by atoms with Crippen molar-refractivity contribution in [2.75, 3.05) is 6.61 Å². The first kappa shape index (κ1) is 24.0. The summed E-state index contributed by atoms with van der Waals surface area (Å²) in [5.41, 5.74) is 1.63. The zero-order valence-electron chi connectivity index (χ0n) is 17.7. The Hall–Kier alpha value is -2.24. The van der Waals surface area contributed by atoms with E-state index < -0.39 is 6.04 Å². The van der Waals surface area contributed by atoms with Gasteiger partial charge in [0, 0.05) is 22.6 Å². The monoisotopic (exact) mass is 450 g/mol. The fourth-order valence-corrected chi connectivity index (χ4v) is 3.29. The number of hydrogen-bond acceptors (Lipinski definition) is 3. The molecule has 0 aliphatic heterocycles. The molecule has 0 aromatic heterocycles. The van der Waals surface area contributed by atoms with Crippen molar-refractivity contribution in [1.82, 2.24) is 10.2 Å². The van der Waals surface area contributed by atoms with E-state index in [4.69, 9.17) is 27.9 Å².